The van der Waals surface area contributed by atoms with Gasteiger partial charge in [-0.1, -0.05) is 30.9 Å². The van der Waals surface area contributed by atoms with Gasteiger partial charge in [-0.25, -0.2) is 13.1 Å². The van der Waals surface area contributed by atoms with Crippen LogP contribution in [0.5, 0.6) is 5.75 Å². The van der Waals surface area contributed by atoms with Crippen LogP contribution < -0.4 is 9.46 Å². The lowest BCUT2D eigenvalue weighted by Crippen LogP contribution is -2.26. The van der Waals surface area contributed by atoms with E-state index in [1.807, 2.05) is 31.2 Å². The van der Waals surface area contributed by atoms with E-state index in [0.717, 1.165) is 5.56 Å². The van der Waals surface area contributed by atoms with Crippen molar-refractivity contribution in [1.82, 2.24) is 4.72 Å². The average Bonchev–Trinajstić information content (AvgIpc) is 2.35. The van der Waals surface area contributed by atoms with Gasteiger partial charge >= 0.3 is 0 Å². The highest BCUT2D eigenvalue weighted by atomic mass is 32.2. The van der Waals surface area contributed by atoms with E-state index in [1.54, 1.807) is 7.11 Å². The van der Waals surface area contributed by atoms with Gasteiger partial charge in [0, 0.05) is 0 Å². The molecule has 0 heterocycles. The zero-order valence-electron chi connectivity index (χ0n) is 10.6. The van der Waals surface area contributed by atoms with Gasteiger partial charge in [0.1, 0.15) is 5.75 Å². The molecule has 0 aliphatic carbocycles. The Morgan fingerprint density at radius 1 is 1.33 bits per heavy atom. The largest absolute Gasteiger partial charge is 0.495 e. The number of sulfonamides is 1. The summed E-state index contributed by atoms with van der Waals surface area (Å²) in [6.45, 7) is 1.93. The summed E-state index contributed by atoms with van der Waals surface area (Å²) in [7, 11) is -1.61. The topological polar surface area (TPSA) is 55.4 Å². The lowest BCUT2D eigenvalue weighted by Gasteiger charge is -2.02. The van der Waals surface area contributed by atoms with Crippen molar-refractivity contribution in [2.45, 2.75) is 13.3 Å². The van der Waals surface area contributed by atoms with Gasteiger partial charge in [-0.15, -0.1) is 0 Å². The van der Waals surface area contributed by atoms with Crippen molar-refractivity contribution in [3.63, 3.8) is 0 Å². The minimum atomic E-state index is -3.19. The number of para-hydroxylation sites is 1. The minimum absolute atomic E-state index is 0.111. The molecule has 1 aromatic carbocycles. The monoisotopic (exact) mass is 267 g/mol. The van der Waals surface area contributed by atoms with Crippen molar-refractivity contribution in [3.8, 4) is 17.6 Å². The van der Waals surface area contributed by atoms with Crippen molar-refractivity contribution in [3.05, 3.63) is 29.8 Å². The highest BCUT2D eigenvalue weighted by molar-refractivity contribution is 7.89. The molecule has 18 heavy (non-hydrogen) atoms. The van der Waals surface area contributed by atoms with Gasteiger partial charge in [0.05, 0.1) is 25.0 Å². The summed E-state index contributed by atoms with van der Waals surface area (Å²) in [5.74, 6) is 6.46. The first-order valence-corrected chi connectivity index (χ1v) is 7.33. The average molecular weight is 267 g/mol. The van der Waals surface area contributed by atoms with Crippen molar-refractivity contribution >= 4 is 10.0 Å². The van der Waals surface area contributed by atoms with Crippen molar-refractivity contribution < 1.29 is 13.2 Å². The molecule has 0 amide bonds. The Labute approximate surface area is 108 Å². The van der Waals surface area contributed by atoms with E-state index in [2.05, 4.69) is 16.6 Å². The fourth-order valence-corrected chi connectivity index (χ4v) is 2.35. The maximum atomic E-state index is 11.4. The number of rotatable bonds is 5. The predicted octanol–water partition coefficient (Wildman–Crippen LogP) is 1.38. The Hall–Kier alpha value is -1.51. The first-order chi connectivity index (χ1) is 8.59. The van der Waals surface area contributed by atoms with Crippen LogP contribution in [0, 0.1) is 11.8 Å². The summed E-state index contributed by atoms with van der Waals surface area (Å²) in [5.41, 5.74) is 0.745. The highest BCUT2D eigenvalue weighted by Gasteiger charge is 2.05. The molecule has 0 radical (unpaired) electrons. The smallest absolute Gasteiger partial charge is 0.212 e. The van der Waals surface area contributed by atoms with Gasteiger partial charge in [0.25, 0.3) is 0 Å². The lowest BCUT2D eigenvalue weighted by molar-refractivity contribution is 0.413. The van der Waals surface area contributed by atoms with Gasteiger partial charge in [-0.2, -0.15) is 0 Å². The minimum Gasteiger partial charge on any atom is -0.495 e. The Morgan fingerprint density at radius 3 is 2.72 bits per heavy atom. The van der Waals surface area contributed by atoms with Crippen LogP contribution in [-0.4, -0.2) is 27.8 Å². The first kappa shape index (κ1) is 14.6. The molecule has 0 fully saturated rings. The number of benzene rings is 1. The standard InChI is InChI=1S/C13H17NO3S/c1-3-11-18(15,16)14-10-6-8-12-7-4-5-9-13(12)17-2/h4-5,7,9,14H,3,10-11H2,1-2H3. The molecule has 1 rings (SSSR count). The fraction of sp³-hybridized carbons (Fsp3) is 0.385. The van der Waals surface area contributed by atoms with E-state index in [-0.39, 0.29) is 12.3 Å². The zero-order chi connectivity index (χ0) is 13.4. The molecule has 0 saturated carbocycles. The molecule has 4 nitrogen and oxygen atoms in total. The maximum Gasteiger partial charge on any atom is 0.212 e. The highest BCUT2D eigenvalue weighted by Crippen LogP contribution is 2.15. The van der Waals surface area contributed by atoms with Crippen LogP contribution in [0.2, 0.25) is 0 Å². The third-order valence-electron chi connectivity index (χ3n) is 2.18. The van der Waals surface area contributed by atoms with Gasteiger partial charge in [0.15, 0.2) is 0 Å². The van der Waals surface area contributed by atoms with Crippen LogP contribution in [0.1, 0.15) is 18.9 Å². The molecular weight excluding hydrogens is 250 g/mol. The van der Waals surface area contributed by atoms with Crippen molar-refractivity contribution in [1.29, 1.82) is 0 Å². The van der Waals surface area contributed by atoms with E-state index in [4.69, 9.17) is 4.74 Å². The van der Waals surface area contributed by atoms with Crippen LogP contribution in [0.15, 0.2) is 24.3 Å². The zero-order valence-corrected chi connectivity index (χ0v) is 11.4. The third-order valence-corrected chi connectivity index (χ3v) is 3.71. The summed E-state index contributed by atoms with van der Waals surface area (Å²) in [6, 6.07) is 7.35. The van der Waals surface area contributed by atoms with E-state index >= 15 is 0 Å². The SMILES string of the molecule is CCCS(=O)(=O)NCC#Cc1ccccc1OC. The number of methoxy groups -OCH3 is 1. The van der Waals surface area contributed by atoms with Crippen LogP contribution in [-0.2, 0) is 10.0 Å². The number of ether oxygens (including phenoxy) is 1. The van der Waals surface area contributed by atoms with Crippen LogP contribution in [0.25, 0.3) is 0 Å². The molecule has 5 heteroatoms. The second-order valence-corrected chi connectivity index (χ2v) is 5.57. The summed E-state index contributed by atoms with van der Waals surface area (Å²) in [6.07, 6.45) is 0.593. The molecule has 0 aliphatic rings. The molecule has 0 spiro atoms. The Balaban J connectivity index is 2.62. The molecular formula is C13H17NO3S. The maximum absolute atomic E-state index is 11.4. The van der Waals surface area contributed by atoms with Gasteiger partial charge < -0.3 is 4.74 Å². The Morgan fingerprint density at radius 2 is 2.06 bits per heavy atom. The van der Waals surface area contributed by atoms with E-state index in [1.165, 1.54) is 0 Å². The van der Waals surface area contributed by atoms with Gasteiger partial charge in [-0.05, 0) is 18.6 Å². The summed E-state index contributed by atoms with van der Waals surface area (Å²) >= 11 is 0. The molecule has 0 bridgehead atoms. The molecule has 0 unspecified atom stereocenters. The number of nitrogens with one attached hydrogen (secondary N) is 1. The summed E-state index contributed by atoms with van der Waals surface area (Å²) in [5, 5.41) is 0. The van der Waals surface area contributed by atoms with Crippen LogP contribution >= 0.6 is 0 Å². The van der Waals surface area contributed by atoms with Gasteiger partial charge in [0.2, 0.25) is 10.0 Å². The quantitative estimate of drug-likeness (QED) is 0.820. The Bertz CT molecular complexity index is 541. The molecule has 1 N–H and O–H groups in total. The number of hydrogen-bond acceptors (Lipinski definition) is 3. The normalized spacial score (nSPS) is 10.6. The first-order valence-electron chi connectivity index (χ1n) is 5.68. The van der Waals surface area contributed by atoms with Crippen LogP contribution in [0.3, 0.4) is 0 Å². The van der Waals surface area contributed by atoms with Crippen molar-refractivity contribution in [2.24, 2.45) is 0 Å². The lowest BCUT2D eigenvalue weighted by atomic mass is 10.2. The molecule has 0 saturated heterocycles. The van der Waals surface area contributed by atoms with E-state index in [0.29, 0.717) is 12.2 Å². The van der Waals surface area contributed by atoms with Crippen molar-refractivity contribution in [2.75, 3.05) is 19.4 Å². The fourth-order valence-electron chi connectivity index (χ4n) is 1.37. The predicted molar refractivity (Wildman–Crippen MR) is 72.0 cm³/mol. The second kappa shape index (κ2) is 7.04. The third kappa shape index (κ3) is 4.78. The summed E-state index contributed by atoms with van der Waals surface area (Å²) < 4.78 is 30.3. The van der Waals surface area contributed by atoms with E-state index < -0.39 is 10.0 Å². The van der Waals surface area contributed by atoms with Crippen LogP contribution in [0.4, 0.5) is 0 Å². The molecule has 0 atom stereocenters. The van der Waals surface area contributed by atoms with Gasteiger partial charge in [-0.3, -0.25) is 0 Å². The molecule has 0 aromatic heterocycles. The Kier molecular flexibility index (Phi) is 5.69. The molecule has 0 aliphatic heterocycles. The number of hydrogen-bond donors (Lipinski definition) is 1. The molecule has 1 aromatic rings. The molecule has 98 valence electrons. The second-order valence-electron chi connectivity index (χ2n) is 3.64. The van der Waals surface area contributed by atoms with E-state index in [9.17, 15) is 8.42 Å². The summed E-state index contributed by atoms with van der Waals surface area (Å²) in [4.78, 5) is 0.